The lowest BCUT2D eigenvalue weighted by atomic mass is 10.1. The fourth-order valence-corrected chi connectivity index (χ4v) is 2.48. The second kappa shape index (κ2) is 6.87. The number of H-pyrrole nitrogens is 1. The normalized spacial score (nSPS) is 10.5. The van der Waals surface area contributed by atoms with Gasteiger partial charge in [-0.3, -0.25) is 9.59 Å². The summed E-state index contributed by atoms with van der Waals surface area (Å²) in [4.78, 5) is 30.8. The van der Waals surface area contributed by atoms with E-state index in [1.54, 1.807) is 13.8 Å². The molecule has 6 heteroatoms. The zero-order valence-electron chi connectivity index (χ0n) is 12.8. The Morgan fingerprint density at radius 2 is 2.05 bits per heavy atom. The van der Waals surface area contributed by atoms with Crippen LogP contribution in [0.3, 0.4) is 0 Å². The van der Waals surface area contributed by atoms with E-state index >= 15 is 0 Å². The van der Waals surface area contributed by atoms with E-state index < -0.39 is 0 Å². The summed E-state index contributed by atoms with van der Waals surface area (Å²) in [6.07, 6.45) is 0.611. The van der Waals surface area contributed by atoms with Gasteiger partial charge in [0.05, 0.1) is 0 Å². The maximum atomic E-state index is 12.0. The first kappa shape index (κ1) is 16.4. The maximum absolute atomic E-state index is 12.0. The van der Waals surface area contributed by atoms with Crippen LogP contribution in [0.2, 0.25) is 0 Å². The van der Waals surface area contributed by atoms with E-state index in [1.807, 2.05) is 25.1 Å². The lowest BCUT2D eigenvalue weighted by Gasteiger charge is -2.08. The van der Waals surface area contributed by atoms with Gasteiger partial charge in [-0.25, -0.2) is 4.98 Å². The summed E-state index contributed by atoms with van der Waals surface area (Å²) in [6.45, 7) is 5.48. The first-order chi connectivity index (χ1) is 10.4. The van der Waals surface area contributed by atoms with Crippen molar-refractivity contribution >= 4 is 27.5 Å². The number of aryl methyl sites for hydroxylation is 3. The predicted molar refractivity (Wildman–Crippen MR) is 90.2 cm³/mol. The summed E-state index contributed by atoms with van der Waals surface area (Å²) >= 11 is 3.42. The molecule has 22 heavy (non-hydrogen) atoms. The summed E-state index contributed by atoms with van der Waals surface area (Å²) in [7, 11) is 0. The number of hydrogen-bond donors (Lipinski definition) is 2. The monoisotopic (exact) mass is 363 g/mol. The molecular weight excluding hydrogens is 346 g/mol. The summed E-state index contributed by atoms with van der Waals surface area (Å²) in [5.74, 6) is 0.460. The maximum Gasteiger partial charge on any atom is 0.254 e. The number of hydrogen-bond acceptors (Lipinski definition) is 3. The quantitative estimate of drug-likeness (QED) is 0.876. The minimum atomic E-state index is -0.169. The summed E-state index contributed by atoms with van der Waals surface area (Å²) < 4.78 is 0.999. The molecule has 116 valence electrons. The third-order valence-corrected chi connectivity index (χ3v) is 4.27. The van der Waals surface area contributed by atoms with Crippen molar-refractivity contribution in [2.45, 2.75) is 33.6 Å². The molecule has 1 amide bonds. The van der Waals surface area contributed by atoms with Crippen molar-refractivity contribution in [2.24, 2.45) is 0 Å². The van der Waals surface area contributed by atoms with E-state index in [0.29, 0.717) is 23.5 Å². The van der Waals surface area contributed by atoms with Crippen molar-refractivity contribution in [1.29, 1.82) is 0 Å². The highest BCUT2D eigenvalue weighted by atomic mass is 79.9. The van der Waals surface area contributed by atoms with Gasteiger partial charge in [-0.1, -0.05) is 15.9 Å². The first-order valence-electron chi connectivity index (χ1n) is 6.99. The van der Waals surface area contributed by atoms with Crippen molar-refractivity contribution in [2.75, 3.05) is 5.32 Å². The van der Waals surface area contributed by atoms with Gasteiger partial charge in [0, 0.05) is 27.8 Å². The van der Waals surface area contributed by atoms with E-state index in [1.165, 1.54) is 0 Å². The van der Waals surface area contributed by atoms with E-state index in [0.717, 1.165) is 15.7 Å². The van der Waals surface area contributed by atoms with Crippen molar-refractivity contribution < 1.29 is 4.79 Å². The summed E-state index contributed by atoms with van der Waals surface area (Å²) in [5, 5.41) is 2.84. The van der Waals surface area contributed by atoms with Gasteiger partial charge in [0.15, 0.2) is 0 Å². The Morgan fingerprint density at radius 1 is 1.32 bits per heavy atom. The molecule has 0 aliphatic carbocycles. The highest BCUT2D eigenvalue weighted by Crippen LogP contribution is 2.20. The number of aromatic nitrogens is 2. The van der Waals surface area contributed by atoms with Gasteiger partial charge in [-0.15, -0.1) is 0 Å². The van der Waals surface area contributed by atoms with Crippen LogP contribution in [0.1, 0.15) is 29.1 Å². The molecule has 0 bridgehead atoms. The van der Waals surface area contributed by atoms with E-state index in [2.05, 4.69) is 31.2 Å². The molecule has 1 aromatic carbocycles. The number of rotatable bonds is 4. The van der Waals surface area contributed by atoms with Gasteiger partial charge in [0.2, 0.25) is 5.91 Å². The predicted octanol–water partition coefficient (Wildman–Crippen LogP) is 3.03. The molecule has 0 aliphatic heterocycles. The Hall–Kier alpha value is -1.95. The highest BCUT2D eigenvalue weighted by Gasteiger charge is 2.10. The van der Waals surface area contributed by atoms with Gasteiger partial charge >= 0.3 is 0 Å². The van der Waals surface area contributed by atoms with Crippen molar-refractivity contribution in [3.05, 3.63) is 55.7 Å². The van der Waals surface area contributed by atoms with Crippen LogP contribution >= 0.6 is 15.9 Å². The molecule has 0 radical (unpaired) electrons. The van der Waals surface area contributed by atoms with Crippen LogP contribution in [0.5, 0.6) is 0 Å². The zero-order valence-corrected chi connectivity index (χ0v) is 14.4. The van der Waals surface area contributed by atoms with Crippen LogP contribution < -0.4 is 10.9 Å². The standard InChI is InChI=1S/C16H18BrN3O2/c1-9-8-12(4-6-14(9)17)20-15(21)7-5-13-10(2)18-11(3)19-16(13)22/h4,6,8H,5,7H2,1-3H3,(H,20,21)(H,18,19,22). The van der Waals surface area contributed by atoms with Gasteiger partial charge in [0.1, 0.15) is 5.82 Å². The Bertz CT molecular complexity index is 768. The minimum Gasteiger partial charge on any atom is -0.326 e. The lowest BCUT2D eigenvalue weighted by molar-refractivity contribution is -0.116. The van der Waals surface area contributed by atoms with Gasteiger partial charge in [-0.05, 0) is 51.0 Å². The van der Waals surface area contributed by atoms with Crippen molar-refractivity contribution in [3.8, 4) is 0 Å². The third kappa shape index (κ3) is 4.04. The molecule has 0 aliphatic rings. The molecule has 0 spiro atoms. The van der Waals surface area contributed by atoms with Crippen molar-refractivity contribution in [1.82, 2.24) is 9.97 Å². The third-order valence-electron chi connectivity index (χ3n) is 3.38. The topological polar surface area (TPSA) is 74.8 Å². The molecule has 0 saturated heterocycles. The number of nitrogens with one attached hydrogen (secondary N) is 2. The van der Waals surface area contributed by atoms with E-state index in [-0.39, 0.29) is 17.9 Å². The van der Waals surface area contributed by atoms with Gasteiger partial charge in [-0.2, -0.15) is 0 Å². The molecule has 1 aromatic heterocycles. The second-order valence-electron chi connectivity index (χ2n) is 5.23. The zero-order chi connectivity index (χ0) is 16.3. The van der Waals surface area contributed by atoms with Crippen LogP contribution in [0, 0.1) is 20.8 Å². The lowest BCUT2D eigenvalue weighted by Crippen LogP contribution is -2.20. The van der Waals surface area contributed by atoms with Crippen LogP contribution in [0.15, 0.2) is 27.5 Å². The molecule has 2 N–H and O–H groups in total. The van der Waals surface area contributed by atoms with Crippen LogP contribution in [0.4, 0.5) is 5.69 Å². The average molecular weight is 364 g/mol. The summed E-state index contributed by atoms with van der Waals surface area (Å²) in [5.41, 5.74) is 2.87. The molecule has 0 saturated carbocycles. The van der Waals surface area contributed by atoms with Crippen molar-refractivity contribution in [3.63, 3.8) is 0 Å². The van der Waals surface area contributed by atoms with Gasteiger partial charge in [0.25, 0.3) is 5.56 Å². The average Bonchev–Trinajstić information content (AvgIpc) is 2.41. The fourth-order valence-electron chi connectivity index (χ4n) is 2.23. The van der Waals surface area contributed by atoms with Crippen LogP contribution in [-0.2, 0) is 11.2 Å². The number of nitrogens with zero attached hydrogens (tertiary/aromatic N) is 1. The smallest absolute Gasteiger partial charge is 0.254 e. The molecule has 2 aromatic rings. The molecular formula is C16H18BrN3O2. The SMILES string of the molecule is Cc1nc(C)c(CCC(=O)Nc2ccc(Br)c(C)c2)c(=O)[nH]1. The first-order valence-corrected chi connectivity index (χ1v) is 7.78. The molecule has 2 rings (SSSR count). The van der Waals surface area contributed by atoms with Crippen LogP contribution in [-0.4, -0.2) is 15.9 Å². The van der Waals surface area contributed by atoms with E-state index in [9.17, 15) is 9.59 Å². The number of halogens is 1. The Labute approximate surface area is 137 Å². The number of carbonyl (C=O) groups is 1. The number of aromatic amines is 1. The largest absolute Gasteiger partial charge is 0.326 e. The number of benzene rings is 1. The van der Waals surface area contributed by atoms with Crippen LogP contribution in [0.25, 0.3) is 0 Å². The highest BCUT2D eigenvalue weighted by molar-refractivity contribution is 9.10. The van der Waals surface area contributed by atoms with E-state index in [4.69, 9.17) is 0 Å². The molecule has 0 fully saturated rings. The second-order valence-corrected chi connectivity index (χ2v) is 6.08. The molecule has 5 nitrogen and oxygen atoms in total. The Balaban J connectivity index is 2.01. The van der Waals surface area contributed by atoms with Gasteiger partial charge < -0.3 is 10.3 Å². The number of carbonyl (C=O) groups excluding carboxylic acids is 1. The Kier molecular flexibility index (Phi) is 5.13. The summed E-state index contributed by atoms with van der Waals surface area (Å²) in [6, 6.07) is 5.62. The minimum absolute atomic E-state index is 0.124. The number of amides is 1. The number of anilines is 1. The Morgan fingerprint density at radius 3 is 2.68 bits per heavy atom. The fraction of sp³-hybridized carbons (Fsp3) is 0.312. The molecule has 1 heterocycles. The molecule has 0 atom stereocenters. The molecule has 0 unspecified atom stereocenters.